The van der Waals surface area contributed by atoms with Gasteiger partial charge in [0.1, 0.15) is 54.9 Å². The Labute approximate surface area is 439 Å². The Morgan fingerprint density at radius 3 is 1.40 bits per heavy atom. The fourth-order valence-electron chi connectivity index (χ4n) is 8.08. The zero-order valence-electron chi connectivity index (χ0n) is 44.6. The van der Waals surface area contributed by atoms with Crippen molar-refractivity contribution in [2.45, 2.75) is 235 Å². The molecular weight excluding hydrogens is 933 g/mol. The number of hydrogen-bond acceptors (Lipinski definition) is 14. The number of esters is 1. The van der Waals surface area contributed by atoms with Gasteiger partial charge in [0.25, 0.3) is 0 Å². The molecule has 0 aromatic heterocycles. The van der Waals surface area contributed by atoms with Gasteiger partial charge in [0.15, 0.2) is 12.6 Å². The van der Waals surface area contributed by atoms with E-state index in [0.29, 0.717) is 13.0 Å². The summed E-state index contributed by atoms with van der Waals surface area (Å²) in [6, 6.07) is 0. The predicted molar refractivity (Wildman–Crippen MR) is 288 cm³/mol. The van der Waals surface area contributed by atoms with Crippen molar-refractivity contribution in [1.82, 2.24) is 0 Å². The Balaban J connectivity index is 1.77. The molecule has 0 saturated carbocycles. The maximum Gasteiger partial charge on any atom is 0.306 e. The first-order chi connectivity index (χ1) is 35.6. The Morgan fingerprint density at radius 2 is 0.890 bits per heavy atom. The van der Waals surface area contributed by atoms with Gasteiger partial charge in [-0.25, -0.2) is 0 Å². The molecule has 14 nitrogen and oxygen atoms in total. The molecular formula is C59H98O14. The highest BCUT2D eigenvalue weighted by molar-refractivity contribution is 5.69. The first kappa shape index (κ1) is 66.0. The standard InChI is InChI=1S/C59H98O14/c1-3-5-7-9-11-13-15-17-19-21-23-25-27-29-31-33-35-37-39-41-43-68-45-48(71-51(61)42-40-38-36-34-32-30-28-26-24-22-20-18-16-14-12-10-8-6-4-2)46-69-58-57(67)55(65)53(63)50(73-58)47-70-59-56(66)54(64)52(62)49(44-60)72-59/h5,7,11-14,17-20,23-26,29,31,48-50,52-60,62-67H,3-4,6,8-10,15-16,21-22,27-28,30,32-47H2,1-2H3/b7-5-,13-11-,14-12-,19-17-,20-18-,25-23-,26-24-,31-29-. The highest BCUT2D eigenvalue weighted by atomic mass is 16.7. The third kappa shape index (κ3) is 32.2. The lowest BCUT2D eigenvalue weighted by molar-refractivity contribution is -0.332. The molecule has 11 unspecified atom stereocenters. The van der Waals surface area contributed by atoms with Crippen LogP contribution in [0, 0.1) is 0 Å². The fraction of sp³-hybridized carbons (Fsp3) is 0.712. The molecule has 73 heavy (non-hydrogen) atoms. The van der Waals surface area contributed by atoms with Gasteiger partial charge < -0.3 is 64.2 Å². The molecule has 2 fully saturated rings. The van der Waals surface area contributed by atoms with Gasteiger partial charge in [-0.1, -0.05) is 162 Å². The second-order valence-corrected chi connectivity index (χ2v) is 19.0. The Hall–Kier alpha value is -3.09. The van der Waals surface area contributed by atoms with Crippen LogP contribution in [0.3, 0.4) is 0 Å². The monoisotopic (exact) mass is 1030 g/mol. The number of aliphatic hydroxyl groups is 7. The molecule has 0 amide bonds. The number of ether oxygens (including phenoxy) is 6. The van der Waals surface area contributed by atoms with Crippen molar-refractivity contribution in [3.63, 3.8) is 0 Å². The molecule has 2 saturated heterocycles. The third-order valence-electron chi connectivity index (χ3n) is 12.6. The largest absolute Gasteiger partial charge is 0.457 e. The zero-order chi connectivity index (χ0) is 53.0. The number of carbonyl (C=O) groups is 1. The number of carbonyl (C=O) groups excluding carboxylic acids is 1. The minimum absolute atomic E-state index is 0.0324. The van der Waals surface area contributed by atoms with Crippen LogP contribution in [0.5, 0.6) is 0 Å². The van der Waals surface area contributed by atoms with Gasteiger partial charge in [0, 0.05) is 13.0 Å². The van der Waals surface area contributed by atoms with Crippen LogP contribution >= 0.6 is 0 Å². The summed E-state index contributed by atoms with van der Waals surface area (Å²) < 4.78 is 34.3. The number of aliphatic hydroxyl groups excluding tert-OH is 7. The van der Waals surface area contributed by atoms with E-state index in [1.54, 1.807) is 0 Å². The van der Waals surface area contributed by atoms with Crippen molar-refractivity contribution >= 4 is 5.97 Å². The van der Waals surface area contributed by atoms with Gasteiger partial charge in [-0.2, -0.15) is 0 Å². The summed E-state index contributed by atoms with van der Waals surface area (Å²) in [4.78, 5) is 13.1. The quantitative estimate of drug-likeness (QED) is 0.0172. The van der Waals surface area contributed by atoms with Gasteiger partial charge in [-0.15, -0.1) is 0 Å². The molecule has 14 heteroatoms. The van der Waals surface area contributed by atoms with Crippen LogP contribution in [0.1, 0.15) is 168 Å². The van der Waals surface area contributed by atoms with Crippen LogP contribution < -0.4 is 0 Å². The molecule has 2 aliphatic heterocycles. The molecule has 2 rings (SSSR count). The van der Waals surface area contributed by atoms with Crippen LogP contribution in [-0.2, 0) is 33.2 Å². The molecule has 0 radical (unpaired) electrons. The summed E-state index contributed by atoms with van der Waals surface area (Å²) in [5.41, 5.74) is 0. The molecule has 2 aliphatic rings. The summed E-state index contributed by atoms with van der Waals surface area (Å²) in [6.45, 7) is 3.45. The first-order valence-electron chi connectivity index (χ1n) is 27.8. The average molecular weight is 1030 g/mol. The van der Waals surface area contributed by atoms with Crippen LogP contribution in [0.25, 0.3) is 0 Å². The lowest BCUT2D eigenvalue weighted by Crippen LogP contribution is -2.61. The second-order valence-electron chi connectivity index (χ2n) is 19.0. The van der Waals surface area contributed by atoms with E-state index in [1.165, 1.54) is 25.7 Å². The summed E-state index contributed by atoms with van der Waals surface area (Å²) in [6.07, 6.45) is 43.1. The van der Waals surface area contributed by atoms with E-state index in [4.69, 9.17) is 28.4 Å². The van der Waals surface area contributed by atoms with E-state index >= 15 is 0 Å². The lowest BCUT2D eigenvalue weighted by atomic mass is 9.98. The average Bonchev–Trinajstić information content (AvgIpc) is 3.39. The van der Waals surface area contributed by atoms with Crippen molar-refractivity contribution in [2.24, 2.45) is 0 Å². The highest BCUT2D eigenvalue weighted by Gasteiger charge is 2.47. The normalized spacial score (nSPS) is 25.7. The smallest absolute Gasteiger partial charge is 0.306 e. The summed E-state index contributed by atoms with van der Waals surface area (Å²) in [5.74, 6) is -0.402. The number of hydrogen-bond donors (Lipinski definition) is 7. The van der Waals surface area contributed by atoms with Crippen molar-refractivity contribution < 1.29 is 69.0 Å². The van der Waals surface area contributed by atoms with E-state index in [2.05, 4.69) is 111 Å². The molecule has 2 heterocycles. The Bertz CT molecular complexity index is 1570. The zero-order valence-corrected chi connectivity index (χ0v) is 44.6. The van der Waals surface area contributed by atoms with Crippen LogP contribution in [-0.4, -0.2) is 142 Å². The van der Waals surface area contributed by atoms with Gasteiger partial charge in [0.2, 0.25) is 0 Å². The van der Waals surface area contributed by atoms with Crippen molar-refractivity contribution in [2.75, 3.05) is 33.0 Å². The van der Waals surface area contributed by atoms with Crippen molar-refractivity contribution in [3.05, 3.63) is 97.2 Å². The van der Waals surface area contributed by atoms with Gasteiger partial charge in [-0.05, 0) is 96.3 Å². The van der Waals surface area contributed by atoms with E-state index in [9.17, 15) is 40.5 Å². The van der Waals surface area contributed by atoms with E-state index in [0.717, 1.165) is 116 Å². The van der Waals surface area contributed by atoms with Gasteiger partial charge in [-0.3, -0.25) is 4.79 Å². The van der Waals surface area contributed by atoms with Gasteiger partial charge in [0.05, 0.1) is 26.4 Å². The number of allylic oxidation sites excluding steroid dienone is 16. The predicted octanol–water partition coefficient (Wildman–Crippen LogP) is 9.41. The molecule has 7 N–H and O–H groups in total. The maximum atomic E-state index is 13.1. The SMILES string of the molecule is CC/C=C\C/C=C\C/C=C\C/C=C\C/C=C\CCCCCCOCC(COC1OC(COC2OC(CO)C(O)C(O)C2O)C(O)C(O)C1O)OC(=O)CCCCCCCC/C=C\C/C=C\C/C=C\CCCCC. The van der Waals surface area contributed by atoms with E-state index in [-0.39, 0.29) is 19.6 Å². The molecule has 0 bridgehead atoms. The summed E-state index contributed by atoms with van der Waals surface area (Å²) in [7, 11) is 0. The number of rotatable bonds is 43. The molecule has 0 aromatic rings. The summed E-state index contributed by atoms with van der Waals surface area (Å²) in [5, 5.41) is 72.3. The van der Waals surface area contributed by atoms with Crippen LogP contribution in [0.4, 0.5) is 0 Å². The van der Waals surface area contributed by atoms with Gasteiger partial charge >= 0.3 is 5.97 Å². The molecule has 0 aliphatic carbocycles. The van der Waals surface area contributed by atoms with Crippen LogP contribution in [0.2, 0.25) is 0 Å². The Kier molecular flexibility index (Phi) is 40.8. The van der Waals surface area contributed by atoms with Crippen molar-refractivity contribution in [3.8, 4) is 0 Å². The third-order valence-corrected chi connectivity index (χ3v) is 12.6. The van der Waals surface area contributed by atoms with Crippen molar-refractivity contribution in [1.29, 1.82) is 0 Å². The maximum absolute atomic E-state index is 13.1. The Morgan fingerprint density at radius 1 is 0.466 bits per heavy atom. The number of unbranched alkanes of at least 4 members (excludes halogenated alkanes) is 13. The van der Waals surface area contributed by atoms with E-state index < -0.39 is 86.7 Å². The van der Waals surface area contributed by atoms with Crippen LogP contribution in [0.15, 0.2) is 97.2 Å². The molecule has 11 atom stereocenters. The van der Waals surface area contributed by atoms with E-state index in [1.807, 2.05) is 0 Å². The highest BCUT2D eigenvalue weighted by Crippen LogP contribution is 2.26. The summed E-state index contributed by atoms with van der Waals surface area (Å²) >= 11 is 0. The minimum atomic E-state index is -1.72. The second kappa shape index (κ2) is 45.1. The molecule has 418 valence electrons. The first-order valence-corrected chi connectivity index (χ1v) is 27.8. The molecule has 0 aromatic carbocycles. The topological polar surface area (TPSA) is 214 Å². The molecule has 0 spiro atoms. The fourth-order valence-corrected chi connectivity index (χ4v) is 8.08. The lowest BCUT2D eigenvalue weighted by Gasteiger charge is -2.42. The minimum Gasteiger partial charge on any atom is -0.457 e.